The van der Waals surface area contributed by atoms with Crippen molar-refractivity contribution in [1.29, 1.82) is 0 Å². The highest BCUT2D eigenvalue weighted by Crippen LogP contribution is 2.15. The third kappa shape index (κ3) is 15.4. The Morgan fingerprint density at radius 2 is 1.41 bits per heavy atom. The number of fused-ring (bicyclic) bond motifs is 1. The molecule has 10 heteroatoms. The maximum Gasteiger partial charge on any atom is 0.280 e. The lowest BCUT2D eigenvalue weighted by molar-refractivity contribution is -0.153. The summed E-state index contributed by atoms with van der Waals surface area (Å²) in [5.41, 5.74) is 7.34. The van der Waals surface area contributed by atoms with Gasteiger partial charge in [-0.3, -0.25) is 9.78 Å². The van der Waals surface area contributed by atoms with Crippen LogP contribution in [-0.2, 0) is 22.4 Å². The molecule has 2 aromatic heterocycles. The number of anilines is 1. The summed E-state index contributed by atoms with van der Waals surface area (Å²) in [6, 6.07) is 10.9. The van der Waals surface area contributed by atoms with Gasteiger partial charge in [-0.2, -0.15) is 4.98 Å². The number of nitrogen functional groups attached to an aromatic ring is 1. The minimum atomic E-state index is -1.59. The standard InChI is InChI=1S/C34H54N5O4P/c35-34-37-32-31(33(40)38-34)36-28-39(32)23-25-43-29-44(41)27-26-42-24-19-14-12-10-8-6-4-2-1-3-5-7-9-11-13-16-20-30-21-17-15-18-22-30/h15,17-18,21-22,28-29H,1-14,16,19-20,23-27H2,(H3,35,37,38,40). The fourth-order valence-electron chi connectivity index (χ4n) is 5.38. The number of H-pyrrole nitrogens is 1. The summed E-state index contributed by atoms with van der Waals surface area (Å²) < 4.78 is 12.8. The van der Waals surface area contributed by atoms with Crippen molar-refractivity contribution in [3.63, 3.8) is 0 Å². The van der Waals surface area contributed by atoms with Gasteiger partial charge in [0.2, 0.25) is 11.9 Å². The van der Waals surface area contributed by atoms with Gasteiger partial charge >= 0.3 is 0 Å². The SMILES string of the molecule is Nc1nc2c(ncn2CCOC=[P+]([O-])CCOCCCCCCCCCCCCCCCCCCc2ccccc2)c(=O)[nH]1. The molecule has 0 bridgehead atoms. The van der Waals surface area contributed by atoms with E-state index in [2.05, 4.69) is 45.3 Å². The van der Waals surface area contributed by atoms with Gasteiger partial charge in [0.25, 0.3) is 5.56 Å². The minimum Gasteiger partial charge on any atom is -0.629 e. The second-order valence-electron chi connectivity index (χ2n) is 11.7. The van der Waals surface area contributed by atoms with E-state index in [1.165, 1.54) is 121 Å². The molecule has 2 heterocycles. The summed E-state index contributed by atoms with van der Waals surface area (Å²) in [4.78, 5) is 34.5. The van der Waals surface area contributed by atoms with Gasteiger partial charge in [0.1, 0.15) is 6.16 Å². The van der Waals surface area contributed by atoms with Crippen LogP contribution in [0.4, 0.5) is 5.95 Å². The number of rotatable bonds is 26. The van der Waals surface area contributed by atoms with Crippen molar-refractivity contribution in [3.05, 3.63) is 52.6 Å². The smallest absolute Gasteiger partial charge is 0.280 e. The Balaban J connectivity index is 1.01. The van der Waals surface area contributed by atoms with E-state index in [0.717, 1.165) is 13.0 Å². The van der Waals surface area contributed by atoms with Crippen molar-refractivity contribution in [1.82, 2.24) is 19.5 Å². The van der Waals surface area contributed by atoms with E-state index in [1.807, 2.05) is 0 Å². The molecule has 244 valence electrons. The molecule has 0 saturated carbocycles. The monoisotopic (exact) mass is 627 g/mol. The summed E-state index contributed by atoms with van der Waals surface area (Å²) in [7, 11) is -1.59. The normalized spacial score (nSPS) is 12.0. The predicted molar refractivity (Wildman–Crippen MR) is 181 cm³/mol. The van der Waals surface area contributed by atoms with Gasteiger partial charge in [-0.05, 0) is 24.8 Å². The van der Waals surface area contributed by atoms with E-state index >= 15 is 0 Å². The molecule has 0 saturated heterocycles. The summed E-state index contributed by atoms with van der Waals surface area (Å²) in [6.45, 7) is 1.90. The quantitative estimate of drug-likeness (QED) is 0.0745. The lowest BCUT2D eigenvalue weighted by atomic mass is 10.0. The first kappa shape index (κ1) is 35.9. The van der Waals surface area contributed by atoms with Crippen LogP contribution in [0.5, 0.6) is 0 Å². The van der Waals surface area contributed by atoms with Crippen molar-refractivity contribution in [2.24, 2.45) is 0 Å². The Hall–Kier alpha value is -2.58. The van der Waals surface area contributed by atoms with Gasteiger partial charge in [0.15, 0.2) is 11.2 Å². The third-order valence-corrected chi connectivity index (χ3v) is 8.95. The van der Waals surface area contributed by atoms with Gasteiger partial charge in [-0.1, -0.05) is 120 Å². The molecule has 44 heavy (non-hydrogen) atoms. The van der Waals surface area contributed by atoms with Crippen LogP contribution in [-0.4, -0.2) is 51.5 Å². The van der Waals surface area contributed by atoms with Gasteiger partial charge in [0, 0.05) is 13.2 Å². The molecule has 0 aliphatic rings. The Kier molecular flexibility index (Phi) is 18.6. The lowest BCUT2D eigenvalue weighted by Gasteiger charge is -2.05. The van der Waals surface area contributed by atoms with E-state index in [9.17, 15) is 9.69 Å². The average molecular weight is 628 g/mol. The third-order valence-electron chi connectivity index (χ3n) is 7.94. The highest BCUT2D eigenvalue weighted by atomic mass is 31.1. The van der Waals surface area contributed by atoms with Crippen molar-refractivity contribution in [2.45, 2.75) is 116 Å². The zero-order valence-corrected chi connectivity index (χ0v) is 27.5. The number of hydrogen-bond acceptors (Lipinski definition) is 7. The number of unbranched alkanes of at least 4 members (excludes halogenated alkanes) is 15. The summed E-state index contributed by atoms with van der Waals surface area (Å²) >= 11 is 0. The van der Waals surface area contributed by atoms with Crippen LogP contribution >= 0.6 is 7.77 Å². The fraction of sp³-hybridized carbons (Fsp3) is 0.647. The van der Waals surface area contributed by atoms with Crippen molar-refractivity contribution < 1.29 is 14.4 Å². The van der Waals surface area contributed by atoms with E-state index < -0.39 is 7.77 Å². The maximum atomic E-state index is 12.1. The van der Waals surface area contributed by atoms with Crippen LogP contribution in [0.25, 0.3) is 11.2 Å². The number of aryl methyl sites for hydroxylation is 1. The first-order valence-corrected chi connectivity index (χ1v) is 18.4. The van der Waals surface area contributed by atoms with Gasteiger partial charge in [0.05, 0.1) is 27.3 Å². The summed E-state index contributed by atoms with van der Waals surface area (Å²) in [5.74, 6) is 1.42. The molecule has 9 nitrogen and oxygen atoms in total. The molecule has 1 atom stereocenters. The van der Waals surface area contributed by atoms with Crippen molar-refractivity contribution in [3.8, 4) is 0 Å². The molecule has 0 spiro atoms. The van der Waals surface area contributed by atoms with E-state index in [0.29, 0.717) is 25.0 Å². The molecule has 0 aliphatic heterocycles. The number of aromatic nitrogens is 4. The zero-order chi connectivity index (χ0) is 31.1. The number of hydrogen-bond donors (Lipinski definition) is 2. The second-order valence-corrected chi connectivity index (χ2v) is 13.2. The average Bonchev–Trinajstić information content (AvgIpc) is 3.43. The number of ether oxygens (including phenoxy) is 2. The first-order valence-electron chi connectivity index (χ1n) is 16.8. The van der Waals surface area contributed by atoms with Crippen LogP contribution < -0.4 is 16.2 Å². The number of aromatic amines is 1. The molecular formula is C34H54N5O4P. The number of imidazole rings is 1. The largest absolute Gasteiger partial charge is 0.629 e. The molecule has 0 radical (unpaired) electrons. The molecular weight excluding hydrogens is 573 g/mol. The van der Waals surface area contributed by atoms with Gasteiger partial charge < -0.3 is 24.7 Å². The maximum absolute atomic E-state index is 12.1. The number of nitrogens with zero attached hydrogens (tertiary/aromatic N) is 3. The molecule has 3 aromatic rings. The second kappa shape index (κ2) is 22.9. The number of nitrogens with two attached hydrogens (primary N) is 1. The van der Waals surface area contributed by atoms with E-state index in [1.54, 1.807) is 4.57 Å². The van der Waals surface area contributed by atoms with Crippen LogP contribution in [0.3, 0.4) is 0 Å². The summed E-state index contributed by atoms with van der Waals surface area (Å²) in [5, 5.41) is 0. The Morgan fingerprint density at radius 1 is 0.818 bits per heavy atom. The predicted octanol–water partition coefficient (Wildman–Crippen LogP) is 6.74. The number of benzene rings is 1. The van der Waals surface area contributed by atoms with Crippen molar-refractivity contribution >= 4 is 30.9 Å². The Labute approximate surface area is 264 Å². The highest BCUT2D eigenvalue weighted by molar-refractivity contribution is 7.49. The van der Waals surface area contributed by atoms with Crippen LogP contribution in [0.15, 0.2) is 41.5 Å². The molecule has 0 fully saturated rings. The lowest BCUT2D eigenvalue weighted by Crippen LogP contribution is -2.13. The molecule has 3 rings (SSSR count). The number of nitrogens with one attached hydrogen (secondary N) is 1. The van der Waals surface area contributed by atoms with E-state index in [-0.39, 0.29) is 23.6 Å². The van der Waals surface area contributed by atoms with Gasteiger partial charge in [-0.25, -0.2) is 4.98 Å². The Bertz CT molecular complexity index is 1250. The minimum absolute atomic E-state index is 0.0401. The zero-order valence-electron chi connectivity index (χ0n) is 26.6. The molecule has 0 aliphatic carbocycles. The fourth-order valence-corrected chi connectivity index (χ4v) is 6.07. The first-order chi connectivity index (χ1) is 21.6. The molecule has 3 N–H and O–H groups in total. The van der Waals surface area contributed by atoms with Crippen molar-refractivity contribution in [2.75, 3.05) is 31.7 Å². The van der Waals surface area contributed by atoms with Crippen LogP contribution in [0.1, 0.15) is 108 Å². The van der Waals surface area contributed by atoms with Crippen LogP contribution in [0, 0.1) is 0 Å². The highest BCUT2D eigenvalue weighted by Gasteiger charge is 2.09. The summed E-state index contributed by atoms with van der Waals surface area (Å²) in [6.07, 6.45) is 24.7. The topological polar surface area (TPSA) is 131 Å². The molecule has 1 aromatic carbocycles. The molecule has 1 unspecified atom stereocenters. The van der Waals surface area contributed by atoms with E-state index in [4.69, 9.17) is 15.2 Å². The Morgan fingerprint density at radius 3 is 2.05 bits per heavy atom. The van der Waals surface area contributed by atoms with Gasteiger partial charge in [-0.15, -0.1) is 0 Å². The molecule has 0 amide bonds. The van der Waals surface area contributed by atoms with Crippen LogP contribution in [0.2, 0.25) is 0 Å².